The predicted molar refractivity (Wildman–Crippen MR) is 77.1 cm³/mol. The van der Waals surface area contributed by atoms with Crippen LogP contribution >= 0.6 is 11.8 Å². The molecule has 6 heteroatoms. The van der Waals surface area contributed by atoms with Gasteiger partial charge in [-0.25, -0.2) is 14.4 Å². The summed E-state index contributed by atoms with van der Waals surface area (Å²) in [6, 6.07) is 7.45. The van der Waals surface area contributed by atoms with Crippen molar-refractivity contribution in [3.8, 4) is 0 Å². The summed E-state index contributed by atoms with van der Waals surface area (Å²) in [4.78, 5) is 20.3. The molecule has 0 aliphatic heterocycles. The van der Waals surface area contributed by atoms with Crippen LogP contribution in [0.2, 0.25) is 0 Å². The maximum absolute atomic E-state index is 12.8. The molecule has 0 spiro atoms. The number of hydrogen-bond acceptors (Lipinski definition) is 4. The summed E-state index contributed by atoms with van der Waals surface area (Å²) >= 11 is 1.28. The average molecular weight is 291 g/mol. The summed E-state index contributed by atoms with van der Waals surface area (Å²) in [5, 5.41) is 2.94. The number of aromatic nitrogens is 2. The van der Waals surface area contributed by atoms with Gasteiger partial charge in [-0.1, -0.05) is 11.8 Å². The molecule has 0 bridgehead atoms. The molecular formula is C14H14FN3OS. The van der Waals surface area contributed by atoms with Crippen molar-refractivity contribution in [1.82, 2.24) is 9.97 Å². The highest BCUT2D eigenvalue weighted by atomic mass is 32.2. The van der Waals surface area contributed by atoms with E-state index in [1.54, 1.807) is 19.2 Å². The Kier molecular flexibility index (Phi) is 4.68. The van der Waals surface area contributed by atoms with E-state index in [9.17, 15) is 9.18 Å². The molecule has 2 rings (SSSR count). The van der Waals surface area contributed by atoms with Gasteiger partial charge in [-0.2, -0.15) is 0 Å². The van der Waals surface area contributed by atoms with Crippen LogP contribution in [0.3, 0.4) is 0 Å². The highest BCUT2D eigenvalue weighted by molar-refractivity contribution is 8.00. The maximum atomic E-state index is 12.8. The first kappa shape index (κ1) is 14.5. The largest absolute Gasteiger partial charge is 0.325 e. The average Bonchev–Trinajstić information content (AvgIpc) is 2.41. The van der Waals surface area contributed by atoms with Crippen molar-refractivity contribution in [3.63, 3.8) is 0 Å². The van der Waals surface area contributed by atoms with Gasteiger partial charge in [0.15, 0.2) is 5.16 Å². The summed E-state index contributed by atoms with van der Waals surface area (Å²) in [5.74, 6) is -0.509. The number of nitrogens with zero attached hydrogens (tertiary/aromatic N) is 2. The molecule has 0 aliphatic rings. The van der Waals surface area contributed by atoms with Crippen LogP contribution in [0.15, 0.2) is 41.7 Å². The molecule has 4 nitrogen and oxygen atoms in total. The quantitative estimate of drug-likeness (QED) is 0.695. The van der Waals surface area contributed by atoms with Gasteiger partial charge in [0.1, 0.15) is 5.82 Å². The minimum Gasteiger partial charge on any atom is -0.325 e. The van der Waals surface area contributed by atoms with Gasteiger partial charge in [-0.05, 0) is 44.2 Å². The van der Waals surface area contributed by atoms with Crippen LogP contribution in [-0.2, 0) is 4.79 Å². The number of nitrogens with one attached hydrogen (secondary N) is 1. The lowest BCUT2D eigenvalue weighted by molar-refractivity contribution is -0.115. The van der Waals surface area contributed by atoms with Crippen molar-refractivity contribution in [2.24, 2.45) is 0 Å². The summed E-state index contributed by atoms with van der Waals surface area (Å²) in [6.45, 7) is 3.64. The van der Waals surface area contributed by atoms with Crippen LogP contribution < -0.4 is 5.32 Å². The lowest BCUT2D eigenvalue weighted by Gasteiger charge is -2.11. The molecule has 1 aromatic carbocycles. The fourth-order valence-corrected chi connectivity index (χ4v) is 2.27. The van der Waals surface area contributed by atoms with E-state index in [1.807, 2.05) is 6.92 Å². The molecular weight excluding hydrogens is 277 g/mol. The van der Waals surface area contributed by atoms with Crippen molar-refractivity contribution < 1.29 is 9.18 Å². The Hall–Kier alpha value is -1.95. The van der Waals surface area contributed by atoms with E-state index in [0.29, 0.717) is 10.8 Å². The van der Waals surface area contributed by atoms with Gasteiger partial charge < -0.3 is 5.32 Å². The molecule has 20 heavy (non-hydrogen) atoms. The second-order valence-electron chi connectivity index (χ2n) is 4.24. The summed E-state index contributed by atoms with van der Waals surface area (Å²) in [7, 11) is 0. The SMILES string of the molecule is Cc1ccnc(S[C@@H](C)C(=O)Nc2ccc(F)cc2)n1. The molecule has 1 atom stereocenters. The number of rotatable bonds is 4. The summed E-state index contributed by atoms with van der Waals surface area (Å²) in [6.07, 6.45) is 1.66. The topological polar surface area (TPSA) is 54.9 Å². The molecule has 104 valence electrons. The number of halogens is 1. The summed E-state index contributed by atoms with van der Waals surface area (Å²) < 4.78 is 12.8. The van der Waals surface area contributed by atoms with Crippen molar-refractivity contribution >= 4 is 23.4 Å². The number of thioether (sulfide) groups is 1. The minimum absolute atomic E-state index is 0.174. The number of anilines is 1. The smallest absolute Gasteiger partial charge is 0.237 e. The zero-order valence-corrected chi connectivity index (χ0v) is 11.9. The van der Waals surface area contributed by atoms with Gasteiger partial charge in [-0.15, -0.1) is 0 Å². The van der Waals surface area contributed by atoms with E-state index in [2.05, 4.69) is 15.3 Å². The van der Waals surface area contributed by atoms with E-state index in [1.165, 1.54) is 36.0 Å². The lowest BCUT2D eigenvalue weighted by atomic mass is 10.3. The Bertz CT molecular complexity index is 604. The Morgan fingerprint density at radius 3 is 2.65 bits per heavy atom. The monoisotopic (exact) mass is 291 g/mol. The molecule has 0 unspecified atom stereocenters. The first-order valence-corrected chi connectivity index (χ1v) is 6.95. The van der Waals surface area contributed by atoms with Crippen LogP contribution in [0.25, 0.3) is 0 Å². The number of carbonyl (C=O) groups is 1. The van der Waals surface area contributed by atoms with Gasteiger partial charge in [0, 0.05) is 17.6 Å². The van der Waals surface area contributed by atoms with Crippen molar-refractivity contribution in [1.29, 1.82) is 0 Å². The molecule has 0 radical (unpaired) electrons. The van der Waals surface area contributed by atoms with Crippen molar-refractivity contribution in [2.75, 3.05) is 5.32 Å². The molecule has 0 fully saturated rings. The molecule has 0 aliphatic carbocycles. The normalized spacial score (nSPS) is 11.9. The fourth-order valence-electron chi connectivity index (χ4n) is 1.47. The van der Waals surface area contributed by atoms with Crippen LogP contribution in [0.5, 0.6) is 0 Å². The molecule has 0 saturated carbocycles. The van der Waals surface area contributed by atoms with E-state index >= 15 is 0 Å². The minimum atomic E-state index is -0.346. The summed E-state index contributed by atoms with van der Waals surface area (Å²) in [5.41, 5.74) is 1.42. The second-order valence-corrected chi connectivity index (χ2v) is 5.54. The highest BCUT2D eigenvalue weighted by Gasteiger charge is 2.16. The molecule has 1 aromatic heterocycles. The zero-order chi connectivity index (χ0) is 14.5. The molecule has 1 N–H and O–H groups in total. The number of aryl methyl sites for hydroxylation is 1. The second kappa shape index (κ2) is 6.47. The number of benzene rings is 1. The van der Waals surface area contributed by atoms with Crippen molar-refractivity contribution in [2.45, 2.75) is 24.3 Å². The number of hydrogen-bond donors (Lipinski definition) is 1. The fraction of sp³-hybridized carbons (Fsp3) is 0.214. The van der Waals surface area contributed by atoms with Crippen molar-refractivity contribution in [3.05, 3.63) is 48.0 Å². The third-order valence-corrected chi connectivity index (χ3v) is 3.51. The molecule has 2 aromatic rings. The molecule has 0 saturated heterocycles. The van der Waals surface area contributed by atoms with E-state index in [4.69, 9.17) is 0 Å². The van der Waals surface area contributed by atoms with Gasteiger partial charge in [-0.3, -0.25) is 4.79 Å². The maximum Gasteiger partial charge on any atom is 0.237 e. The van der Waals surface area contributed by atoms with Gasteiger partial charge in [0.2, 0.25) is 5.91 Å². The van der Waals surface area contributed by atoms with Gasteiger partial charge in [0.25, 0.3) is 0 Å². The van der Waals surface area contributed by atoms with Crippen LogP contribution in [0.4, 0.5) is 10.1 Å². The first-order chi connectivity index (χ1) is 9.54. The lowest BCUT2D eigenvalue weighted by Crippen LogP contribution is -2.22. The standard InChI is InChI=1S/C14H14FN3OS/c1-9-7-8-16-14(17-9)20-10(2)13(19)18-12-5-3-11(15)4-6-12/h3-8,10H,1-2H3,(H,18,19)/t10-/m0/s1. The zero-order valence-electron chi connectivity index (χ0n) is 11.1. The molecule has 1 amide bonds. The highest BCUT2D eigenvalue weighted by Crippen LogP contribution is 2.20. The van der Waals surface area contributed by atoms with Crippen LogP contribution in [0.1, 0.15) is 12.6 Å². The van der Waals surface area contributed by atoms with E-state index in [0.717, 1.165) is 5.69 Å². The van der Waals surface area contributed by atoms with Gasteiger partial charge >= 0.3 is 0 Å². The van der Waals surface area contributed by atoms with Crippen LogP contribution in [0, 0.1) is 12.7 Å². The Balaban J connectivity index is 1.96. The third-order valence-electron chi connectivity index (χ3n) is 2.54. The third kappa shape index (κ3) is 4.03. The Morgan fingerprint density at radius 2 is 2.00 bits per heavy atom. The molecule has 1 heterocycles. The Morgan fingerprint density at radius 1 is 1.30 bits per heavy atom. The first-order valence-electron chi connectivity index (χ1n) is 6.07. The number of carbonyl (C=O) groups excluding carboxylic acids is 1. The van der Waals surface area contributed by atoms with Crippen LogP contribution in [-0.4, -0.2) is 21.1 Å². The number of amides is 1. The predicted octanol–water partition coefficient (Wildman–Crippen LogP) is 3.04. The van der Waals surface area contributed by atoms with E-state index < -0.39 is 0 Å². The van der Waals surface area contributed by atoms with E-state index in [-0.39, 0.29) is 17.0 Å². The Labute approximate surface area is 120 Å². The van der Waals surface area contributed by atoms with Gasteiger partial charge in [0.05, 0.1) is 5.25 Å².